The highest BCUT2D eigenvalue weighted by molar-refractivity contribution is 7.71. The molecule has 3 nitrogen and oxygen atoms in total. The van der Waals surface area contributed by atoms with Crippen molar-refractivity contribution in [2.45, 2.75) is 13.0 Å². The molecular weight excluding hydrogens is 297 g/mol. The number of fused-ring (bicyclic) bond motifs is 1. The maximum absolute atomic E-state index is 13.6. The smallest absolute Gasteiger partial charge is 0.178 e. The van der Waals surface area contributed by atoms with E-state index in [2.05, 4.69) is 9.97 Å². The van der Waals surface area contributed by atoms with Gasteiger partial charge in [0, 0.05) is 25.0 Å². The van der Waals surface area contributed by atoms with E-state index in [1.54, 1.807) is 18.5 Å². The van der Waals surface area contributed by atoms with Crippen LogP contribution < -0.4 is 0 Å². The van der Waals surface area contributed by atoms with Gasteiger partial charge in [0.05, 0.1) is 16.1 Å². The molecular formula is C14H11ClFN3S. The van der Waals surface area contributed by atoms with Crippen molar-refractivity contribution in [1.82, 2.24) is 14.5 Å². The van der Waals surface area contributed by atoms with Crippen molar-refractivity contribution in [3.63, 3.8) is 0 Å². The molecule has 0 spiro atoms. The lowest BCUT2D eigenvalue weighted by molar-refractivity contribution is 0.627. The van der Waals surface area contributed by atoms with Crippen LogP contribution >= 0.6 is 23.8 Å². The fraction of sp³-hybridized carbons (Fsp3) is 0.143. The van der Waals surface area contributed by atoms with Crippen LogP contribution in [0, 0.1) is 10.6 Å². The lowest BCUT2D eigenvalue weighted by atomic mass is 10.2. The number of hydrogen-bond acceptors (Lipinski definition) is 2. The number of aromatic amines is 1. The molecule has 0 amide bonds. The second-order valence-corrected chi connectivity index (χ2v) is 5.26. The molecule has 1 N–H and O–H groups in total. The number of aromatic nitrogens is 3. The molecule has 0 saturated heterocycles. The number of aryl methyl sites for hydroxylation is 2. The SMILES string of the molecule is Fc1cc2c(cc1Cl)[nH]c(=S)n2CCc1ccncc1. The molecule has 102 valence electrons. The van der Waals surface area contributed by atoms with Crippen LogP contribution in [0.5, 0.6) is 0 Å². The van der Waals surface area contributed by atoms with Gasteiger partial charge in [-0.15, -0.1) is 0 Å². The number of benzene rings is 1. The van der Waals surface area contributed by atoms with Gasteiger partial charge in [0.15, 0.2) is 4.77 Å². The number of pyridine rings is 1. The van der Waals surface area contributed by atoms with Crippen molar-refractivity contribution in [1.29, 1.82) is 0 Å². The molecule has 0 aliphatic heterocycles. The van der Waals surface area contributed by atoms with Crippen molar-refractivity contribution in [2.24, 2.45) is 0 Å². The predicted octanol–water partition coefficient (Wildman–Crippen LogP) is 4.13. The van der Waals surface area contributed by atoms with Gasteiger partial charge < -0.3 is 9.55 Å². The molecule has 6 heteroatoms. The lowest BCUT2D eigenvalue weighted by Crippen LogP contribution is -2.01. The number of imidazole rings is 1. The van der Waals surface area contributed by atoms with Crippen LogP contribution in [-0.2, 0) is 13.0 Å². The third kappa shape index (κ3) is 2.46. The second kappa shape index (κ2) is 5.34. The van der Waals surface area contributed by atoms with Crippen molar-refractivity contribution >= 4 is 34.9 Å². The summed E-state index contributed by atoms with van der Waals surface area (Å²) in [6, 6.07) is 6.88. The monoisotopic (exact) mass is 307 g/mol. The maximum Gasteiger partial charge on any atom is 0.178 e. The molecule has 0 atom stereocenters. The van der Waals surface area contributed by atoms with Gasteiger partial charge in [0.2, 0.25) is 0 Å². The van der Waals surface area contributed by atoms with E-state index in [0.717, 1.165) is 23.0 Å². The molecule has 0 aliphatic rings. The van der Waals surface area contributed by atoms with Gasteiger partial charge in [-0.3, -0.25) is 4.98 Å². The standard InChI is InChI=1S/C14H11ClFN3S/c15-10-7-12-13(8-11(10)16)19(14(20)18-12)6-3-9-1-4-17-5-2-9/h1-2,4-5,7-8H,3,6H2,(H,18,20). The minimum atomic E-state index is -0.439. The van der Waals surface area contributed by atoms with Crippen molar-refractivity contribution in [3.05, 3.63) is 57.8 Å². The summed E-state index contributed by atoms with van der Waals surface area (Å²) in [7, 11) is 0. The fourth-order valence-corrected chi connectivity index (χ4v) is 2.63. The van der Waals surface area contributed by atoms with Crippen LogP contribution in [0.1, 0.15) is 5.56 Å². The Morgan fingerprint density at radius 1 is 1.30 bits per heavy atom. The van der Waals surface area contributed by atoms with Crippen LogP contribution in [0.25, 0.3) is 11.0 Å². The summed E-state index contributed by atoms with van der Waals surface area (Å²) in [6.07, 6.45) is 4.31. The van der Waals surface area contributed by atoms with E-state index < -0.39 is 5.82 Å². The molecule has 20 heavy (non-hydrogen) atoms. The fourth-order valence-electron chi connectivity index (χ4n) is 2.16. The summed E-state index contributed by atoms with van der Waals surface area (Å²) in [4.78, 5) is 7.03. The van der Waals surface area contributed by atoms with E-state index in [4.69, 9.17) is 23.8 Å². The van der Waals surface area contributed by atoms with Crippen LogP contribution in [0.3, 0.4) is 0 Å². The van der Waals surface area contributed by atoms with Crippen molar-refractivity contribution < 1.29 is 4.39 Å². The van der Waals surface area contributed by atoms with Crippen LogP contribution in [-0.4, -0.2) is 14.5 Å². The highest BCUT2D eigenvalue weighted by Crippen LogP contribution is 2.23. The quantitative estimate of drug-likeness (QED) is 0.738. The van der Waals surface area contributed by atoms with E-state index in [0.29, 0.717) is 11.3 Å². The molecule has 1 aromatic carbocycles. The Balaban J connectivity index is 1.97. The van der Waals surface area contributed by atoms with Gasteiger partial charge in [-0.1, -0.05) is 11.6 Å². The average molecular weight is 308 g/mol. The first-order valence-electron chi connectivity index (χ1n) is 6.11. The number of hydrogen-bond donors (Lipinski definition) is 1. The molecule has 0 radical (unpaired) electrons. The van der Waals surface area contributed by atoms with Crippen LogP contribution in [0.4, 0.5) is 4.39 Å². The van der Waals surface area contributed by atoms with Crippen molar-refractivity contribution in [3.8, 4) is 0 Å². The number of nitrogens with one attached hydrogen (secondary N) is 1. The normalized spacial score (nSPS) is 11.1. The highest BCUT2D eigenvalue weighted by Gasteiger charge is 2.09. The summed E-state index contributed by atoms with van der Waals surface area (Å²) in [5.41, 5.74) is 2.63. The number of H-pyrrole nitrogens is 1. The van der Waals surface area contributed by atoms with E-state index in [-0.39, 0.29) is 5.02 Å². The molecule has 0 aliphatic carbocycles. The lowest BCUT2D eigenvalue weighted by Gasteiger charge is -2.05. The summed E-state index contributed by atoms with van der Waals surface area (Å²) in [6.45, 7) is 0.671. The molecule has 0 fully saturated rings. The average Bonchev–Trinajstić information content (AvgIpc) is 2.73. The Labute approximate surface area is 125 Å². The molecule has 3 rings (SSSR count). The Hall–Kier alpha value is -1.72. The highest BCUT2D eigenvalue weighted by atomic mass is 35.5. The van der Waals surface area contributed by atoms with Crippen LogP contribution in [0.2, 0.25) is 5.02 Å². The zero-order valence-electron chi connectivity index (χ0n) is 10.4. The van der Waals surface area contributed by atoms with Gasteiger partial charge >= 0.3 is 0 Å². The Kier molecular flexibility index (Phi) is 3.54. The Morgan fingerprint density at radius 3 is 2.80 bits per heavy atom. The first-order valence-corrected chi connectivity index (χ1v) is 6.90. The molecule has 0 unspecified atom stereocenters. The predicted molar refractivity (Wildman–Crippen MR) is 80.0 cm³/mol. The first kappa shape index (κ1) is 13.3. The minimum Gasteiger partial charge on any atom is -0.331 e. The van der Waals surface area contributed by atoms with Gasteiger partial charge in [0.25, 0.3) is 0 Å². The topological polar surface area (TPSA) is 33.6 Å². The molecule has 3 aromatic rings. The zero-order chi connectivity index (χ0) is 14.1. The van der Waals surface area contributed by atoms with Gasteiger partial charge in [-0.05, 0) is 42.4 Å². The van der Waals surface area contributed by atoms with E-state index in [1.165, 1.54) is 6.07 Å². The largest absolute Gasteiger partial charge is 0.331 e. The number of nitrogens with zero attached hydrogens (tertiary/aromatic N) is 2. The van der Waals surface area contributed by atoms with Gasteiger partial charge in [0.1, 0.15) is 5.82 Å². The molecule has 0 bridgehead atoms. The Morgan fingerprint density at radius 2 is 2.05 bits per heavy atom. The van der Waals surface area contributed by atoms with Crippen LogP contribution in [0.15, 0.2) is 36.7 Å². The van der Waals surface area contributed by atoms with E-state index >= 15 is 0 Å². The number of halogens is 2. The first-order chi connectivity index (χ1) is 9.65. The second-order valence-electron chi connectivity index (χ2n) is 4.47. The Bertz CT molecular complexity index is 810. The third-order valence-corrected chi connectivity index (χ3v) is 3.80. The van der Waals surface area contributed by atoms with Gasteiger partial charge in [-0.25, -0.2) is 4.39 Å². The molecule has 2 aromatic heterocycles. The molecule has 2 heterocycles. The maximum atomic E-state index is 13.6. The third-order valence-electron chi connectivity index (χ3n) is 3.19. The number of rotatable bonds is 3. The van der Waals surface area contributed by atoms with Gasteiger partial charge in [-0.2, -0.15) is 0 Å². The zero-order valence-corrected chi connectivity index (χ0v) is 12.0. The van der Waals surface area contributed by atoms with Crippen molar-refractivity contribution in [2.75, 3.05) is 0 Å². The summed E-state index contributed by atoms with van der Waals surface area (Å²) < 4.78 is 16.0. The van der Waals surface area contributed by atoms with E-state index in [9.17, 15) is 4.39 Å². The summed E-state index contributed by atoms with van der Waals surface area (Å²) in [5, 5.41) is 0.0926. The minimum absolute atomic E-state index is 0.0926. The summed E-state index contributed by atoms with van der Waals surface area (Å²) >= 11 is 11.1. The molecule has 0 saturated carbocycles. The van der Waals surface area contributed by atoms with E-state index in [1.807, 2.05) is 16.7 Å². The summed E-state index contributed by atoms with van der Waals surface area (Å²) in [5.74, 6) is -0.439.